The smallest absolute Gasteiger partial charge is 0.128 e. The highest BCUT2D eigenvalue weighted by atomic mass is 79.9. The lowest BCUT2D eigenvalue weighted by Gasteiger charge is -2.18. The number of benzene rings is 2. The van der Waals surface area contributed by atoms with Crippen LogP contribution in [0.1, 0.15) is 17.2 Å². The van der Waals surface area contributed by atoms with Gasteiger partial charge in [0.25, 0.3) is 0 Å². The molecule has 0 bridgehead atoms. The number of hydrogen-bond acceptors (Lipinski definition) is 2. The molecule has 0 radical (unpaired) electrons. The summed E-state index contributed by atoms with van der Waals surface area (Å²) in [7, 11) is 0. The highest BCUT2D eigenvalue weighted by Gasteiger charge is 2.17. The minimum atomic E-state index is -0.599. The van der Waals surface area contributed by atoms with Crippen LogP contribution >= 0.6 is 15.9 Å². The molecule has 0 saturated carbocycles. The van der Waals surface area contributed by atoms with Crippen LogP contribution < -0.4 is 11.3 Å². The molecule has 1 unspecified atom stereocenters. The monoisotopic (exact) mass is 312 g/mol. The second-order valence-corrected chi connectivity index (χ2v) is 4.74. The Morgan fingerprint density at radius 3 is 2.56 bits per heavy atom. The third kappa shape index (κ3) is 2.75. The minimum Gasteiger partial charge on any atom is -0.271 e. The van der Waals surface area contributed by atoms with Crippen molar-refractivity contribution in [1.29, 1.82) is 0 Å². The lowest BCUT2D eigenvalue weighted by Crippen LogP contribution is -2.29. The third-order valence-corrected chi connectivity index (χ3v) is 3.11. The van der Waals surface area contributed by atoms with Gasteiger partial charge >= 0.3 is 0 Å². The summed E-state index contributed by atoms with van der Waals surface area (Å²) in [5.74, 6) is 4.45. The van der Waals surface area contributed by atoms with Gasteiger partial charge in [0, 0.05) is 10.0 Å². The van der Waals surface area contributed by atoms with Gasteiger partial charge in [-0.15, -0.1) is 0 Å². The largest absolute Gasteiger partial charge is 0.271 e. The van der Waals surface area contributed by atoms with Crippen LogP contribution in [0.5, 0.6) is 0 Å². The maximum Gasteiger partial charge on any atom is 0.128 e. The average molecular weight is 313 g/mol. The highest BCUT2D eigenvalue weighted by Crippen LogP contribution is 2.26. The molecule has 0 aliphatic rings. The first-order valence-electron chi connectivity index (χ1n) is 5.28. The quantitative estimate of drug-likeness (QED) is 0.674. The van der Waals surface area contributed by atoms with Gasteiger partial charge in [-0.25, -0.2) is 14.2 Å². The van der Waals surface area contributed by atoms with Gasteiger partial charge in [0.15, 0.2) is 0 Å². The molecule has 0 saturated heterocycles. The lowest BCUT2D eigenvalue weighted by molar-refractivity contribution is 0.545. The molecule has 0 heterocycles. The Labute approximate surface area is 112 Å². The first-order valence-corrected chi connectivity index (χ1v) is 6.07. The van der Waals surface area contributed by atoms with Crippen molar-refractivity contribution in [2.24, 2.45) is 5.84 Å². The van der Waals surface area contributed by atoms with Gasteiger partial charge in [-0.3, -0.25) is 5.84 Å². The molecule has 2 nitrogen and oxygen atoms in total. The molecule has 94 valence electrons. The molecule has 0 amide bonds. The Bertz CT molecular complexity index is 560. The van der Waals surface area contributed by atoms with Crippen LogP contribution in [0.4, 0.5) is 8.78 Å². The van der Waals surface area contributed by atoms with Crippen LogP contribution in [0.15, 0.2) is 46.9 Å². The normalized spacial score (nSPS) is 12.4. The van der Waals surface area contributed by atoms with Crippen molar-refractivity contribution >= 4 is 15.9 Å². The van der Waals surface area contributed by atoms with E-state index in [0.29, 0.717) is 0 Å². The fraction of sp³-hybridized carbons (Fsp3) is 0.0769. The van der Waals surface area contributed by atoms with E-state index in [4.69, 9.17) is 5.84 Å². The Kier molecular flexibility index (Phi) is 4.06. The van der Waals surface area contributed by atoms with E-state index in [9.17, 15) is 8.78 Å². The van der Waals surface area contributed by atoms with Crippen molar-refractivity contribution in [2.45, 2.75) is 6.04 Å². The third-order valence-electron chi connectivity index (χ3n) is 2.62. The summed E-state index contributed by atoms with van der Waals surface area (Å²) in [6.07, 6.45) is 0. The summed E-state index contributed by atoms with van der Waals surface area (Å²) in [6.45, 7) is 0. The maximum atomic E-state index is 13.7. The Balaban J connectivity index is 2.48. The summed E-state index contributed by atoms with van der Waals surface area (Å²) in [5.41, 5.74) is 3.43. The molecule has 3 N–H and O–H groups in total. The summed E-state index contributed by atoms with van der Waals surface area (Å²) < 4.78 is 27.8. The maximum absolute atomic E-state index is 13.7. The fourth-order valence-electron chi connectivity index (χ4n) is 1.79. The van der Waals surface area contributed by atoms with E-state index in [1.165, 1.54) is 0 Å². The molecule has 0 spiro atoms. The lowest BCUT2D eigenvalue weighted by atomic mass is 9.99. The zero-order chi connectivity index (χ0) is 13.1. The molecule has 2 rings (SSSR count). The van der Waals surface area contributed by atoms with Crippen molar-refractivity contribution < 1.29 is 8.78 Å². The Hall–Kier alpha value is -1.30. The van der Waals surface area contributed by atoms with E-state index >= 15 is 0 Å². The van der Waals surface area contributed by atoms with Gasteiger partial charge in [0.1, 0.15) is 11.6 Å². The molecule has 5 heteroatoms. The van der Waals surface area contributed by atoms with Gasteiger partial charge in [-0.1, -0.05) is 28.1 Å². The highest BCUT2D eigenvalue weighted by molar-refractivity contribution is 9.10. The molecule has 2 aromatic carbocycles. The van der Waals surface area contributed by atoms with E-state index in [0.717, 1.165) is 28.2 Å². The van der Waals surface area contributed by atoms with Crippen molar-refractivity contribution in [3.63, 3.8) is 0 Å². The zero-order valence-electron chi connectivity index (χ0n) is 9.33. The first-order chi connectivity index (χ1) is 8.61. The predicted octanol–water partition coefficient (Wildman–Crippen LogP) is 3.28. The van der Waals surface area contributed by atoms with Gasteiger partial charge in [0.05, 0.1) is 6.04 Å². The molecule has 18 heavy (non-hydrogen) atoms. The number of hydrazine groups is 1. The summed E-state index contributed by atoms with van der Waals surface area (Å²) in [4.78, 5) is 0. The van der Waals surface area contributed by atoms with Gasteiger partial charge in [-0.05, 0) is 35.9 Å². The molecule has 2 aromatic rings. The number of rotatable bonds is 3. The van der Waals surface area contributed by atoms with E-state index in [-0.39, 0.29) is 5.56 Å². The van der Waals surface area contributed by atoms with Crippen LogP contribution in [-0.4, -0.2) is 0 Å². The SMILES string of the molecule is NNC(c1cccc(Br)c1)c1cc(F)ccc1F. The molecule has 0 fully saturated rings. The number of halogens is 3. The van der Waals surface area contributed by atoms with Crippen molar-refractivity contribution in [2.75, 3.05) is 0 Å². The van der Waals surface area contributed by atoms with Crippen LogP contribution in [0.3, 0.4) is 0 Å². The Morgan fingerprint density at radius 1 is 1.11 bits per heavy atom. The van der Waals surface area contributed by atoms with E-state index in [1.54, 1.807) is 18.2 Å². The first kappa shape index (κ1) is 13.1. The summed E-state index contributed by atoms with van der Waals surface area (Å²) in [5, 5.41) is 0. The second-order valence-electron chi connectivity index (χ2n) is 3.82. The van der Waals surface area contributed by atoms with Gasteiger partial charge in [-0.2, -0.15) is 0 Å². The van der Waals surface area contributed by atoms with Crippen LogP contribution in [-0.2, 0) is 0 Å². The Morgan fingerprint density at radius 2 is 1.89 bits per heavy atom. The molecular weight excluding hydrogens is 302 g/mol. The topological polar surface area (TPSA) is 38.0 Å². The summed E-state index contributed by atoms with van der Waals surface area (Å²) >= 11 is 3.33. The number of nitrogens with two attached hydrogens (primary N) is 1. The van der Waals surface area contributed by atoms with Crippen LogP contribution in [0, 0.1) is 11.6 Å². The number of nitrogens with one attached hydrogen (secondary N) is 1. The van der Waals surface area contributed by atoms with E-state index < -0.39 is 17.7 Å². The molecule has 1 atom stereocenters. The molecule has 0 aliphatic heterocycles. The fourth-order valence-corrected chi connectivity index (χ4v) is 2.20. The van der Waals surface area contributed by atoms with Crippen molar-refractivity contribution in [3.05, 3.63) is 69.7 Å². The van der Waals surface area contributed by atoms with Gasteiger partial charge < -0.3 is 0 Å². The predicted molar refractivity (Wildman–Crippen MR) is 69.7 cm³/mol. The second kappa shape index (κ2) is 5.56. The van der Waals surface area contributed by atoms with E-state index in [2.05, 4.69) is 21.4 Å². The van der Waals surface area contributed by atoms with Crippen molar-refractivity contribution in [1.82, 2.24) is 5.43 Å². The average Bonchev–Trinajstić information content (AvgIpc) is 2.35. The van der Waals surface area contributed by atoms with Crippen LogP contribution in [0.2, 0.25) is 0 Å². The minimum absolute atomic E-state index is 0.176. The summed E-state index contributed by atoms with van der Waals surface area (Å²) in [6, 6.07) is 9.95. The van der Waals surface area contributed by atoms with Crippen molar-refractivity contribution in [3.8, 4) is 0 Å². The van der Waals surface area contributed by atoms with Crippen LogP contribution in [0.25, 0.3) is 0 Å². The molecule has 0 aliphatic carbocycles. The molecule has 0 aromatic heterocycles. The standard InChI is InChI=1S/C13H11BrF2N2/c14-9-3-1-2-8(6-9)13(18-17)11-7-10(15)4-5-12(11)16/h1-7,13,18H,17H2. The molecular formula is C13H11BrF2N2. The van der Waals surface area contributed by atoms with Gasteiger partial charge in [0.2, 0.25) is 0 Å². The van der Waals surface area contributed by atoms with E-state index in [1.807, 2.05) is 6.07 Å². The number of hydrogen-bond donors (Lipinski definition) is 2. The zero-order valence-corrected chi connectivity index (χ0v) is 10.9.